The highest BCUT2D eigenvalue weighted by atomic mass is 79.9. The van der Waals surface area contributed by atoms with Gasteiger partial charge in [-0.1, -0.05) is 28.8 Å². The molecule has 1 aliphatic carbocycles. The molecule has 2 rings (SSSR count). The second kappa shape index (κ2) is 5.67. The number of hydrogen-bond donors (Lipinski definition) is 0. The van der Waals surface area contributed by atoms with Crippen LogP contribution in [0.1, 0.15) is 41.9 Å². The molecule has 0 aromatic carbocycles. The maximum absolute atomic E-state index is 12.4. The summed E-state index contributed by atoms with van der Waals surface area (Å²) in [6, 6.07) is 0.365. The van der Waals surface area contributed by atoms with Crippen LogP contribution in [0.15, 0.2) is 10.8 Å². The molecule has 1 fully saturated rings. The molecule has 0 saturated heterocycles. The molecule has 5 heteroatoms. The SMILES string of the molecule is Cc1ncoc1C(=O)N(CCBr)C1CCCC1. The first-order valence-corrected chi connectivity index (χ1v) is 7.13. The fourth-order valence-corrected chi connectivity index (χ4v) is 2.78. The summed E-state index contributed by atoms with van der Waals surface area (Å²) in [5.41, 5.74) is 0.674. The lowest BCUT2D eigenvalue weighted by molar-refractivity contribution is 0.0662. The van der Waals surface area contributed by atoms with Crippen LogP contribution in [0.25, 0.3) is 0 Å². The highest BCUT2D eigenvalue weighted by Crippen LogP contribution is 2.25. The highest BCUT2D eigenvalue weighted by Gasteiger charge is 2.29. The van der Waals surface area contributed by atoms with E-state index >= 15 is 0 Å². The summed E-state index contributed by atoms with van der Waals surface area (Å²) in [7, 11) is 0. The van der Waals surface area contributed by atoms with Crippen molar-refractivity contribution < 1.29 is 9.21 Å². The molecule has 4 nitrogen and oxygen atoms in total. The van der Waals surface area contributed by atoms with E-state index in [4.69, 9.17) is 4.42 Å². The van der Waals surface area contributed by atoms with Gasteiger partial charge in [0, 0.05) is 17.9 Å². The van der Waals surface area contributed by atoms with Crippen LogP contribution in [0.4, 0.5) is 0 Å². The lowest BCUT2D eigenvalue weighted by Crippen LogP contribution is -2.40. The van der Waals surface area contributed by atoms with E-state index in [0.717, 1.165) is 24.7 Å². The van der Waals surface area contributed by atoms with Gasteiger partial charge in [0.25, 0.3) is 5.91 Å². The van der Waals surface area contributed by atoms with Crippen LogP contribution >= 0.6 is 15.9 Å². The third-order valence-corrected chi connectivity index (χ3v) is 3.65. The molecule has 0 spiro atoms. The molecule has 1 aromatic rings. The molecule has 1 amide bonds. The van der Waals surface area contributed by atoms with Gasteiger partial charge in [-0.2, -0.15) is 0 Å². The third kappa shape index (κ3) is 2.70. The number of oxazole rings is 1. The van der Waals surface area contributed by atoms with E-state index in [-0.39, 0.29) is 5.91 Å². The highest BCUT2D eigenvalue weighted by molar-refractivity contribution is 9.09. The van der Waals surface area contributed by atoms with Crippen LogP contribution in [-0.2, 0) is 0 Å². The number of alkyl halides is 1. The number of amides is 1. The number of nitrogens with zero attached hydrogens (tertiary/aromatic N) is 2. The average Bonchev–Trinajstić information content (AvgIpc) is 2.95. The quantitative estimate of drug-likeness (QED) is 0.803. The molecule has 1 aromatic heterocycles. The van der Waals surface area contributed by atoms with Crippen molar-refractivity contribution in [2.45, 2.75) is 38.6 Å². The second-order valence-corrected chi connectivity index (χ2v) is 5.19. The van der Waals surface area contributed by atoms with Gasteiger partial charge in [-0.05, 0) is 19.8 Å². The van der Waals surface area contributed by atoms with E-state index in [9.17, 15) is 4.79 Å². The zero-order valence-electron chi connectivity index (χ0n) is 9.99. The van der Waals surface area contributed by atoms with Gasteiger partial charge in [0.1, 0.15) is 0 Å². The summed E-state index contributed by atoms with van der Waals surface area (Å²) in [5.74, 6) is 0.365. The minimum atomic E-state index is -0.0219. The molecule has 1 saturated carbocycles. The summed E-state index contributed by atoms with van der Waals surface area (Å²) in [6.07, 6.45) is 5.97. The zero-order valence-corrected chi connectivity index (χ0v) is 11.6. The number of halogens is 1. The Morgan fingerprint density at radius 2 is 2.29 bits per heavy atom. The molecule has 0 bridgehead atoms. The van der Waals surface area contributed by atoms with Crippen LogP contribution in [-0.4, -0.2) is 33.7 Å². The number of aryl methyl sites for hydroxylation is 1. The van der Waals surface area contributed by atoms with Crippen molar-refractivity contribution in [2.75, 3.05) is 11.9 Å². The maximum Gasteiger partial charge on any atom is 0.291 e. The van der Waals surface area contributed by atoms with Crippen molar-refractivity contribution in [1.82, 2.24) is 9.88 Å². The van der Waals surface area contributed by atoms with E-state index in [2.05, 4.69) is 20.9 Å². The molecule has 1 aliphatic rings. The van der Waals surface area contributed by atoms with Gasteiger partial charge >= 0.3 is 0 Å². The largest absolute Gasteiger partial charge is 0.438 e. The molecular weight excluding hydrogens is 284 g/mol. The first-order chi connectivity index (χ1) is 8.24. The van der Waals surface area contributed by atoms with Crippen molar-refractivity contribution in [3.8, 4) is 0 Å². The minimum absolute atomic E-state index is 0.0219. The smallest absolute Gasteiger partial charge is 0.291 e. The topological polar surface area (TPSA) is 46.3 Å². The summed E-state index contributed by atoms with van der Waals surface area (Å²) >= 11 is 3.41. The van der Waals surface area contributed by atoms with Gasteiger partial charge in [0.15, 0.2) is 6.39 Å². The Hall–Kier alpha value is -0.840. The summed E-state index contributed by atoms with van der Waals surface area (Å²) in [4.78, 5) is 18.3. The average molecular weight is 301 g/mol. The Balaban J connectivity index is 2.15. The lowest BCUT2D eigenvalue weighted by Gasteiger charge is -2.27. The van der Waals surface area contributed by atoms with E-state index in [1.165, 1.54) is 19.2 Å². The van der Waals surface area contributed by atoms with Gasteiger partial charge in [-0.3, -0.25) is 4.79 Å². The molecule has 94 valence electrons. The Morgan fingerprint density at radius 1 is 1.59 bits per heavy atom. The zero-order chi connectivity index (χ0) is 12.3. The fraction of sp³-hybridized carbons (Fsp3) is 0.667. The molecule has 0 N–H and O–H groups in total. The van der Waals surface area contributed by atoms with Crippen molar-refractivity contribution in [1.29, 1.82) is 0 Å². The summed E-state index contributed by atoms with van der Waals surface area (Å²) in [5, 5.41) is 0.794. The predicted molar refractivity (Wildman–Crippen MR) is 68.3 cm³/mol. The Morgan fingerprint density at radius 3 is 2.82 bits per heavy atom. The Labute approximate surface area is 110 Å². The first-order valence-electron chi connectivity index (χ1n) is 6.01. The minimum Gasteiger partial charge on any atom is -0.438 e. The van der Waals surface area contributed by atoms with Crippen molar-refractivity contribution in [2.24, 2.45) is 0 Å². The monoisotopic (exact) mass is 300 g/mol. The van der Waals surface area contributed by atoms with Crippen LogP contribution in [0.3, 0.4) is 0 Å². The molecule has 1 heterocycles. The number of carbonyl (C=O) groups excluding carboxylic acids is 1. The number of rotatable bonds is 4. The maximum atomic E-state index is 12.4. The van der Waals surface area contributed by atoms with Crippen molar-refractivity contribution in [3.05, 3.63) is 17.8 Å². The summed E-state index contributed by atoms with van der Waals surface area (Å²) in [6.45, 7) is 2.53. The molecule has 17 heavy (non-hydrogen) atoms. The molecule has 0 aliphatic heterocycles. The first kappa shape index (κ1) is 12.6. The fourth-order valence-electron chi connectivity index (χ4n) is 2.39. The summed E-state index contributed by atoms with van der Waals surface area (Å²) < 4.78 is 5.20. The Bertz CT molecular complexity index is 386. The normalized spacial score (nSPS) is 16.4. The number of carbonyl (C=O) groups is 1. The lowest BCUT2D eigenvalue weighted by atomic mass is 10.2. The predicted octanol–water partition coefficient (Wildman–Crippen LogP) is 2.76. The molecule has 0 radical (unpaired) electrons. The van der Waals surface area contributed by atoms with Gasteiger partial charge in [-0.15, -0.1) is 0 Å². The van der Waals surface area contributed by atoms with Crippen LogP contribution < -0.4 is 0 Å². The van der Waals surface area contributed by atoms with Crippen LogP contribution in [0, 0.1) is 6.92 Å². The van der Waals surface area contributed by atoms with E-state index in [0.29, 0.717) is 17.5 Å². The molecule has 0 unspecified atom stereocenters. The van der Waals surface area contributed by atoms with Crippen molar-refractivity contribution >= 4 is 21.8 Å². The van der Waals surface area contributed by atoms with E-state index < -0.39 is 0 Å². The van der Waals surface area contributed by atoms with Crippen molar-refractivity contribution in [3.63, 3.8) is 0 Å². The van der Waals surface area contributed by atoms with Gasteiger partial charge in [0.05, 0.1) is 5.69 Å². The van der Waals surface area contributed by atoms with Gasteiger partial charge in [0.2, 0.25) is 5.76 Å². The standard InChI is InChI=1S/C12H17BrN2O2/c1-9-11(17-8-14-9)12(16)15(7-6-13)10-4-2-3-5-10/h8,10H,2-7H2,1H3. The third-order valence-electron chi connectivity index (χ3n) is 3.29. The number of hydrogen-bond acceptors (Lipinski definition) is 3. The number of aromatic nitrogens is 1. The van der Waals surface area contributed by atoms with E-state index in [1.54, 1.807) is 6.92 Å². The van der Waals surface area contributed by atoms with Gasteiger partial charge < -0.3 is 9.32 Å². The van der Waals surface area contributed by atoms with Gasteiger partial charge in [-0.25, -0.2) is 4.98 Å². The second-order valence-electron chi connectivity index (χ2n) is 4.39. The van der Waals surface area contributed by atoms with Crippen LogP contribution in [0.2, 0.25) is 0 Å². The van der Waals surface area contributed by atoms with E-state index in [1.807, 2.05) is 4.90 Å². The molecular formula is C12H17BrN2O2. The Kier molecular flexibility index (Phi) is 4.20. The molecule has 0 atom stereocenters. The van der Waals surface area contributed by atoms with Crippen LogP contribution in [0.5, 0.6) is 0 Å².